The van der Waals surface area contributed by atoms with Crippen molar-refractivity contribution in [2.45, 2.75) is 49.7 Å². The van der Waals surface area contributed by atoms with Crippen LogP contribution in [0.1, 0.15) is 37.3 Å². The average molecular weight is 685 g/mol. The van der Waals surface area contributed by atoms with Crippen molar-refractivity contribution in [2.24, 2.45) is 0 Å². The summed E-state index contributed by atoms with van der Waals surface area (Å²) in [7, 11) is 0. The van der Waals surface area contributed by atoms with Crippen LogP contribution < -0.4 is 15.1 Å². The summed E-state index contributed by atoms with van der Waals surface area (Å²) < 4.78 is 41.8. The third-order valence-electron chi connectivity index (χ3n) is 7.14. The minimum atomic E-state index is -2.94. The molecule has 44 heavy (non-hydrogen) atoms. The fourth-order valence-electron chi connectivity index (χ4n) is 5.20. The third-order valence-corrected chi connectivity index (χ3v) is 7.80. The quantitative estimate of drug-likeness (QED) is 0.289. The van der Waals surface area contributed by atoms with E-state index in [-0.39, 0.29) is 72.6 Å². The van der Waals surface area contributed by atoms with Crippen LogP contribution in [0.25, 0.3) is 4.85 Å². The van der Waals surface area contributed by atoms with Gasteiger partial charge in [-0.05, 0) is 48.9 Å². The number of aromatic nitrogens is 1. The second-order valence-corrected chi connectivity index (χ2v) is 10.8. The summed E-state index contributed by atoms with van der Waals surface area (Å²) in [6.45, 7) is 7.30. The number of nitrogens with one attached hydrogen (secondary N) is 1. The van der Waals surface area contributed by atoms with Crippen molar-refractivity contribution >= 4 is 85.1 Å². The van der Waals surface area contributed by atoms with Gasteiger partial charge >= 0.3 is 0 Å². The lowest BCUT2D eigenvalue weighted by Gasteiger charge is -2.39. The first-order valence-corrected chi connectivity index (χ1v) is 13.6. The van der Waals surface area contributed by atoms with E-state index < -0.39 is 60.4 Å². The summed E-state index contributed by atoms with van der Waals surface area (Å²) in [5.41, 5.74) is 0.119. The summed E-state index contributed by atoms with van der Waals surface area (Å²) in [4.78, 5) is 51.1. The van der Waals surface area contributed by atoms with Gasteiger partial charge in [0.25, 0.3) is 11.8 Å². The van der Waals surface area contributed by atoms with Gasteiger partial charge in [-0.1, -0.05) is 35.3 Å². The molecule has 3 amide bonds. The van der Waals surface area contributed by atoms with Gasteiger partial charge in [-0.3, -0.25) is 24.2 Å². The highest BCUT2D eigenvalue weighted by molar-refractivity contribution is 7.59. The van der Waals surface area contributed by atoms with E-state index >= 15 is 0 Å². The van der Waals surface area contributed by atoms with Crippen molar-refractivity contribution in [1.82, 2.24) is 10.3 Å². The summed E-state index contributed by atoms with van der Waals surface area (Å²) in [6.07, 6.45) is 0.118. The van der Waals surface area contributed by atoms with E-state index in [4.69, 9.17) is 29.8 Å². The minimum Gasteiger partial charge on any atom is -0.351 e. The monoisotopic (exact) mass is 683 g/mol. The molecule has 15 heteroatoms. The number of anilines is 2. The standard InChI is InChI=1S/C29H22Cl2F3N5O3.2H2S/c1-35-17-10-11-36-23(13-17)39-22(8-9-24(39)40)28(42)38(19-5-2-4-16(32)12-19)26(25-20(30)6-3-7-21(25)31)27(41)37-18-14-29(33,34)15-18;;/h2-7,10-13,18,22,26H,8-9,14-15H2,(H,37,41);2*1H2/t22-,26-;;/m0../s1. The lowest BCUT2D eigenvalue weighted by Crippen LogP contribution is -2.56. The molecule has 5 rings (SSSR count). The molecule has 2 atom stereocenters. The van der Waals surface area contributed by atoms with E-state index in [1.165, 1.54) is 48.7 Å². The first kappa shape index (κ1) is 35.0. The van der Waals surface area contributed by atoms with Crippen LogP contribution in [-0.4, -0.2) is 40.7 Å². The SMILES string of the molecule is S.S.[C-]#[N+]c1ccnc(N2C(=O)CC[C@H]2C(=O)N(c2cccc(F)c2)[C@H](C(=O)NC2CC(F)(F)C2)c2c(Cl)cccc2Cl)c1. The maximum absolute atomic E-state index is 14.6. The van der Waals surface area contributed by atoms with E-state index in [0.717, 1.165) is 21.9 Å². The maximum atomic E-state index is 14.6. The molecule has 0 unspecified atom stereocenters. The van der Waals surface area contributed by atoms with Crippen LogP contribution in [0.15, 0.2) is 60.8 Å². The summed E-state index contributed by atoms with van der Waals surface area (Å²) in [5, 5.41) is 2.55. The highest BCUT2D eigenvalue weighted by Crippen LogP contribution is 2.41. The van der Waals surface area contributed by atoms with Crippen LogP contribution in [0.2, 0.25) is 10.0 Å². The Hall–Kier alpha value is -3.44. The first-order chi connectivity index (χ1) is 20.0. The molecular formula is C29H26Cl2F3N5O3S2. The Morgan fingerprint density at radius 2 is 1.75 bits per heavy atom. The van der Waals surface area contributed by atoms with Crippen LogP contribution in [0.4, 0.5) is 30.4 Å². The van der Waals surface area contributed by atoms with Gasteiger partial charge < -0.3 is 5.32 Å². The van der Waals surface area contributed by atoms with E-state index in [9.17, 15) is 27.6 Å². The number of pyridine rings is 1. The van der Waals surface area contributed by atoms with Gasteiger partial charge in [-0.2, -0.15) is 27.0 Å². The number of nitrogens with zero attached hydrogens (tertiary/aromatic N) is 4. The van der Waals surface area contributed by atoms with Gasteiger partial charge in [0.1, 0.15) is 23.7 Å². The van der Waals surface area contributed by atoms with Crippen LogP contribution >= 0.6 is 50.2 Å². The molecule has 0 spiro atoms. The van der Waals surface area contributed by atoms with Crippen molar-refractivity contribution in [3.8, 4) is 0 Å². The molecule has 1 saturated heterocycles. The summed E-state index contributed by atoms with van der Waals surface area (Å²) >= 11 is 13.0. The second-order valence-electron chi connectivity index (χ2n) is 10.00. The van der Waals surface area contributed by atoms with Crippen molar-refractivity contribution < 1.29 is 27.6 Å². The fraction of sp³-hybridized carbons (Fsp3) is 0.276. The number of carbonyl (C=O) groups is 3. The predicted molar refractivity (Wildman–Crippen MR) is 171 cm³/mol. The molecule has 0 radical (unpaired) electrons. The zero-order valence-electron chi connectivity index (χ0n) is 22.7. The number of hydrogen-bond donors (Lipinski definition) is 1. The van der Waals surface area contributed by atoms with Crippen molar-refractivity contribution in [3.05, 3.63) is 93.6 Å². The van der Waals surface area contributed by atoms with Crippen LogP contribution in [0.3, 0.4) is 0 Å². The van der Waals surface area contributed by atoms with Crippen molar-refractivity contribution in [2.75, 3.05) is 9.80 Å². The number of benzene rings is 2. The van der Waals surface area contributed by atoms with Gasteiger partial charge in [0.15, 0.2) is 5.69 Å². The Labute approximate surface area is 275 Å². The molecule has 1 saturated carbocycles. The number of hydrogen-bond acceptors (Lipinski definition) is 4. The zero-order valence-corrected chi connectivity index (χ0v) is 26.2. The van der Waals surface area contributed by atoms with E-state index in [0.29, 0.717) is 0 Å². The Bertz CT molecular complexity index is 1600. The number of alkyl halides is 2. The normalized spacial score (nSPS) is 17.8. The molecule has 1 aromatic heterocycles. The molecule has 232 valence electrons. The fourth-order valence-corrected chi connectivity index (χ4v) is 5.80. The second kappa shape index (κ2) is 14.1. The van der Waals surface area contributed by atoms with Gasteiger partial charge in [-0.15, -0.1) is 0 Å². The van der Waals surface area contributed by atoms with E-state index in [1.54, 1.807) is 0 Å². The lowest BCUT2D eigenvalue weighted by atomic mass is 9.87. The van der Waals surface area contributed by atoms with Gasteiger partial charge in [0.2, 0.25) is 11.8 Å². The molecule has 2 aliphatic rings. The number of carbonyl (C=O) groups excluding carboxylic acids is 3. The molecule has 1 aliphatic carbocycles. The molecule has 8 nitrogen and oxygen atoms in total. The molecule has 0 bridgehead atoms. The highest BCUT2D eigenvalue weighted by atomic mass is 35.5. The number of halogens is 5. The molecule has 2 fully saturated rings. The maximum Gasteiger partial charge on any atom is 0.252 e. The van der Waals surface area contributed by atoms with Crippen LogP contribution in [0.5, 0.6) is 0 Å². The largest absolute Gasteiger partial charge is 0.351 e. The molecule has 1 aliphatic heterocycles. The van der Waals surface area contributed by atoms with Crippen LogP contribution in [0, 0.1) is 12.4 Å². The van der Waals surface area contributed by atoms with Crippen molar-refractivity contribution in [3.63, 3.8) is 0 Å². The Balaban J connectivity index is 0.00000264. The Morgan fingerprint density at radius 1 is 1.09 bits per heavy atom. The molecule has 3 aromatic rings. The third kappa shape index (κ3) is 7.10. The zero-order chi connectivity index (χ0) is 30.2. The van der Waals surface area contributed by atoms with Gasteiger partial charge in [0, 0.05) is 52.8 Å². The number of rotatable bonds is 7. The van der Waals surface area contributed by atoms with Crippen molar-refractivity contribution in [1.29, 1.82) is 0 Å². The number of amides is 3. The molecular weight excluding hydrogens is 658 g/mol. The van der Waals surface area contributed by atoms with Gasteiger partial charge in [0.05, 0.1) is 6.57 Å². The molecule has 2 heterocycles. The molecule has 2 aromatic carbocycles. The highest BCUT2D eigenvalue weighted by Gasteiger charge is 2.49. The van der Waals surface area contributed by atoms with Gasteiger partial charge in [-0.25, -0.2) is 23.0 Å². The van der Waals surface area contributed by atoms with Crippen LogP contribution in [-0.2, 0) is 14.4 Å². The molecule has 1 N–H and O–H groups in total. The lowest BCUT2D eigenvalue weighted by molar-refractivity contribution is -0.133. The Morgan fingerprint density at radius 3 is 2.36 bits per heavy atom. The summed E-state index contributed by atoms with van der Waals surface area (Å²) in [5.74, 6) is -5.72. The predicted octanol–water partition coefficient (Wildman–Crippen LogP) is 6.49. The average Bonchev–Trinajstić information content (AvgIpc) is 3.32. The van der Waals surface area contributed by atoms with E-state index in [2.05, 4.69) is 15.1 Å². The topological polar surface area (TPSA) is 87.0 Å². The minimum absolute atomic E-state index is 0. The smallest absolute Gasteiger partial charge is 0.252 e. The first-order valence-electron chi connectivity index (χ1n) is 12.9. The van der Waals surface area contributed by atoms with E-state index in [1.807, 2.05) is 0 Å². The Kier molecular flexibility index (Phi) is 11.2. The summed E-state index contributed by atoms with van der Waals surface area (Å²) in [6, 6.07) is 8.38.